The lowest BCUT2D eigenvalue weighted by Gasteiger charge is -2.33. The Morgan fingerprint density at radius 1 is 1.19 bits per heavy atom. The third kappa shape index (κ3) is 4.79. The number of hydrogen-bond donors (Lipinski definition) is 1. The summed E-state index contributed by atoms with van der Waals surface area (Å²) in [6.07, 6.45) is 2.78. The van der Waals surface area contributed by atoms with Crippen LogP contribution in [-0.2, 0) is 12.1 Å². The smallest absolute Gasteiger partial charge is 0.240 e. The lowest BCUT2D eigenvalue weighted by molar-refractivity contribution is 0.112. The Morgan fingerprint density at radius 3 is 2.29 bits per heavy atom. The summed E-state index contributed by atoms with van der Waals surface area (Å²) < 4.78 is 5.28. The summed E-state index contributed by atoms with van der Waals surface area (Å²) in [6.45, 7) is 9.00. The first kappa shape index (κ1) is 18.6. The average Bonchev–Trinajstić information content (AvgIpc) is 3.09. The summed E-state index contributed by atoms with van der Waals surface area (Å²) >= 11 is 0. The number of nitrogens with zero attached hydrogens (tertiary/aromatic N) is 4. The Balaban J connectivity index is 0.00000110. The molecule has 1 saturated heterocycles. The van der Waals surface area contributed by atoms with Crippen molar-refractivity contribution in [1.29, 1.82) is 0 Å². The van der Waals surface area contributed by atoms with Gasteiger partial charge in [0.25, 0.3) is 0 Å². The molecule has 0 radical (unpaired) electrons. The highest BCUT2D eigenvalue weighted by molar-refractivity contribution is 5.85. The molecule has 3 rings (SSSR count). The van der Waals surface area contributed by atoms with Crippen LogP contribution in [0.25, 0.3) is 0 Å². The summed E-state index contributed by atoms with van der Waals surface area (Å²) in [5.41, 5.74) is 5.42. The fourth-order valence-corrected chi connectivity index (χ4v) is 2.50. The molecule has 21 heavy (non-hydrogen) atoms. The molecule has 1 aliphatic carbocycles. The standard InChI is InChI=1S/C13H23N5O.2ClH/c1-13(2,14)12-15-11(19-16-12)9-17-5-7-18(8-6-17)10-3-4-10;;/h10H,3-9,14H2,1-2H3;2*1H. The van der Waals surface area contributed by atoms with E-state index in [9.17, 15) is 0 Å². The minimum atomic E-state index is -0.535. The van der Waals surface area contributed by atoms with Gasteiger partial charge in [0, 0.05) is 32.2 Å². The molecule has 0 atom stereocenters. The van der Waals surface area contributed by atoms with Crippen molar-refractivity contribution in [3.63, 3.8) is 0 Å². The molecule has 1 aromatic heterocycles. The van der Waals surface area contributed by atoms with Gasteiger partial charge in [-0.2, -0.15) is 4.98 Å². The van der Waals surface area contributed by atoms with Crippen LogP contribution in [0, 0.1) is 0 Å². The van der Waals surface area contributed by atoms with Crippen molar-refractivity contribution in [3.8, 4) is 0 Å². The van der Waals surface area contributed by atoms with Crippen LogP contribution < -0.4 is 5.73 Å². The van der Waals surface area contributed by atoms with E-state index < -0.39 is 5.54 Å². The van der Waals surface area contributed by atoms with Gasteiger partial charge >= 0.3 is 0 Å². The first-order valence-electron chi connectivity index (χ1n) is 7.11. The van der Waals surface area contributed by atoms with E-state index in [1.54, 1.807) is 0 Å². The highest BCUT2D eigenvalue weighted by atomic mass is 35.5. The Morgan fingerprint density at radius 2 is 1.81 bits per heavy atom. The fraction of sp³-hybridized carbons (Fsp3) is 0.846. The predicted octanol–water partition coefficient (Wildman–Crippen LogP) is 1.39. The number of nitrogens with two attached hydrogens (primary N) is 1. The Labute approximate surface area is 138 Å². The van der Waals surface area contributed by atoms with E-state index in [0.717, 1.165) is 38.8 Å². The minimum Gasteiger partial charge on any atom is -0.338 e. The molecule has 122 valence electrons. The summed E-state index contributed by atoms with van der Waals surface area (Å²) in [5, 5.41) is 3.96. The number of halogens is 2. The van der Waals surface area contributed by atoms with Gasteiger partial charge in [-0.1, -0.05) is 5.16 Å². The van der Waals surface area contributed by atoms with Gasteiger partial charge in [0.1, 0.15) is 0 Å². The van der Waals surface area contributed by atoms with E-state index in [1.807, 2.05) is 13.8 Å². The topological polar surface area (TPSA) is 71.4 Å². The van der Waals surface area contributed by atoms with Crippen LogP contribution >= 0.6 is 24.8 Å². The quantitative estimate of drug-likeness (QED) is 0.895. The lowest BCUT2D eigenvalue weighted by atomic mass is 10.1. The first-order chi connectivity index (χ1) is 9.02. The van der Waals surface area contributed by atoms with Crippen LogP contribution in [0.1, 0.15) is 38.4 Å². The Kier molecular flexibility index (Phi) is 6.43. The molecule has 0 amide bonds. The van der Waals surface area contributed by atoms with Crippen molar-refractivity contribution in [1.82, 2.24) is 19.9 Å². The largest absolute Gasteiger partial charge is 0.338 e. The van der Waals surface area contributed by atoms with Crippen LogP contribution in [0.3, 0.4) is 0 Å². The molecular formula is C13H25Cl2N5O. The van der Waals surface area contributed by atoms with Gasteiger partial charge in [0.05, 0.1) is 12.1 Å². The van der Waals surface area contributed by atoms with Crippen molar-refractivity contribution in [2.75, 3.05) is 26.2 Å². The molecule has 2 aliphatic rings. The third-order valence-electron chi connectivity index (χ3n) is 3.87. The first-order valence-corrected chi connectivity index (χ1v) is 7.11. The second kappa shape index (κ2) is 7.24. The highest BCUT2D eigenvalue weighted by Crippen LogP contribution is 2.27. The van der Waals surface area contributed by atoms with Crippen molar-refractivity contribution >= 4 is 24.8 Å². The Bertz CT molecular complexity index is 436. The number of aromatic nitrogens is 2. The van der Waals surface area contributed by atoms with Crippen LogP contribution in [-0.4, -0.2) is 52.2 Å². The highest BCUT2D eigenvalue weighted by Gasteiger charge is 2.31. The molecule has 2 N–H and O–H groups in total. The molecule has 0 aromatic carbocycles. The van der Waals surface area contributed by atoms with Gasteiger partial charge in [-0.15, -0.1) is 24.8 Å². The summed E-state index contributed by atoms with van der Waals surface area (Å²) in [4.78, 5) is 9.35. The molecule has 0 bridgehead atoms. The van der Waals surface area contributed by atoms with Crippen molar-refractivity contribution in [2.24, 2.45) is 5.73 Å². The number of hydrogen-bond acceptors (Lipinski definition) is 6. The van der Waals surface area contributed by atoms with Gasteiger partial charge in [0.15, 0.2) is 5.82 Å². The van der Waals surface area contributed by atoms with E-state index >= 15 is 0 Å². The molecule has 6 nitrogen and oxygen atoms in total. The van der Waals surface area contributed by atoms with E-state index in [-0.39, 0.29) is 24.8 Å². The van der Waals surface area contributed by atoms with Gasteiger partial charge in [-0.05, 0) is 26.7 Å². The lowest BCUT2D eigenvalue weighted by Crippen LogP contribution is -2.46. The second-order valence-electron chi connectivity index (χ2n) is 6.28. The van der Waals surface area contributed by atoms with Gasteiger partial charge in [-0.25, -0.2) is 0 Å². The van der Waals surface area contributed by atoms with Crippen molar-refractivity contribution in [3.05, 3.63) is 11.7 Å². The average molecular weight is 338 g/mol. The molecule has 2 heterocycles. The van der Waals surface area contributed by atoms with Crippen LogP contribution in [0.15, 0.2) is 4.52 Å². The molecule has 1 aliphatic heterocycles. The fourth-order valence-electron chi connectivity index (χ4n) is 2.50. The SMILES string of the molecule is CC(C)(N)c1noc(CN2CCN(C3CC3)CC2)n1.Cl.Cl. The molecular weight excluding hydrogens is 313 g/mol. The summed E-state index contributed by atoms with van der Waals surface area (Å²) in [7, 11) is 0. The van der Waals surface area contributed by atoms with E-state index in [2.05, 4.69) is 19.9 Å². The van der Waals surface area contributed by atoms with Crippen molar-refractivity contribution < 1.29 is 4.52 Å². The third-order valence-corrected chi connectivity index (χ3v) is 3.87. The zero-order valence-corrected chi connectivity index (χ0v) is 14.3. The molecule has 1 saturated carbocycles. The van der Waals surface area contributed by atoms with Crippen LogP contribution in [0.4, 0.5) is 0 Å². The zero-order chi connectivity index (χ0) is 13.5. The van der Waals surface area contributed by atoms with Crippen molar-refractivity contribution in [2.45, 2.75) is 44.8 Å². The van der Waals surface area contributed by atoms with E-state index in [0.29, 0.717) is 11.7 Å². The van der Waals surface area contributed by atoms with E-state index in [1.165, 1.54) is 12.8 Å². The van der Waals surface area contributed by atoms with Gasteiger partial charge in [-0.3, -0.25) is 9.80 Å². The number of rotatable bonds is 4. The second-order valence-corrected chi connectivity index (χ2v) is 6.28. The molecule has 8 heteroatoms. The van der Waals surface area contributed by atoms with Gasteiger partial charge in [0.2, 0.25) is 5.89 Å². The monoisotopic (exact) mass is 337 g/mol. The summed E-state index contributed by atoms with van der Waals surface area (Å²) in [6, 6.07) is 0.871. The Hall–Kier alpha value is -0.400. The van der Waals surface area contributed by atoms with Gasteiger partial charge < -0.3 is 10.3 Å². The maximum atomic E-state index is 5.96. The molecule has 0 spiro atoms. The van der Waals surface area contributed by atoms with E-state index in [4.69, 9.17) is 10.3 Å². The maximum Gasteiger partial charge on any atom is 0.240 e. The minimum absolute atomic E-state index is 0. The predicted molar refractivity (Wildman–Crippen MR) is 85.9 cm³/mol. The maximum absolute atomic E-state index is 5.96. The zero-order valence-electron chi connectivity index (χ0n) is 12.6. The summed E-state index contributed by atoms with van der Waals surface area (Å²) in [5.74, 6) is 1.26. The number of piperazine rings is 1. The van der Waals surface area contributed by atoms with Crippen LogP contribution in [0.2, 0.25) is 0 Å². The normalized spacial score (nSPS) is 20.7. The van der Waals surface area contributed by atoms with Crippen LogP contribution in [0.5, 0.6) is 0 Å². The molecule has 2 fully saturated rings. The molecule has 0 unspecified atom stereocenters. The molecule has 1 aromatic rings.